The van der Waals surface area contributed by atoms with Crippen LogP contribution in [0.1, 0.15) is 18.4 Å². The maximum absolute atomic E-state index is 13.3. The van der Waals surface area contributed by atoms with Gasteiger partial charge in [-0.2, -0.15) is 23.4 Å². The molecule has 27 heavy (non-hydrogen) atoms. The molecule has 0 aliphatic carbocycles. The molecule has 0 saturated heterocycles. The normalized spacial score (nSPS) is 13.0. The number of carbonyl (C=O) groups excluding carboxylic acids is 1. The Morgan fingerprint density at radius 3 is 2.56 bits per heavy atom. The molecule has 1 atom stereocenters. The molecule has 0 fully saturated rings. The number of alkyl halides is 3. The Bertz CT molecular complexity index is 1010. The molecule has 1 unspecified atom stereocenters. The molecule has 0 aliphatic heterocycles. The van der Waals surface area contributed by atoms with Crippen LogP contribution in [-0.2, 0) is 7.05 Å². The topological polar surface area (TPSA) is 89.1 Å². The van der Waals surface area contributed by atoms with Crippen molar-refractivity contribution in [1.82, 2.24) is 24.4 Å². The minimum Gasteiger partial charge on any atom is -0.306 e. The molecule has 0 saturated carbocycles. The summed E-state index contributed by atoms with van der Waals surface area (Å²) in [6.07, 6.45) is -2.20. The van der Waals surface area contributed by atoms with Crippen LogP contribution in [-0.4, -0.2) is 36.6 Å². The lowest BCUT2D eigenvalue weighted by Gasteiger charge is -2.20. The highest BCUT2D eigenvalue weighted by molar-refractivity contribution is 6.30. The van der Waals surface area contributed by atoms with Gasteiger partial charge in [-0.3, -0.25) is 10.00 Å². The maximum atomic E-state index is 13.3. The number of urea groups is 1. The van der Waals surface area contributed by atoms with Crippen LogP contribution in [0.4, 0.5) is 29.5 Å². The van der Waals surface area contributed by atoms with E-state index in [9.17, 15) is 18.0 Å². The zero-order chi connectivity index (χ0) is 19.9. The van der Waals surface area contributed by atoms with Crippen molar-refractivity contribution in [2.45, 2.75) is 19.0 Å². The average molecular weight is 422 g/mol. The van der Waals surface area contributed by atoms with Crippen molar-refractivity contribution in [2.24, 2.45) is 7.05 Å². The van der Waals surface area contributed by atoms with Crippen molar-refractivity contribution < 1.29 is 18.0 Å². The second-order valence-electron chi connectivity index (χ2n) is 5.62. The van der Waals surface area contributed by atoms with Crippen LogP contribution in [0, 0.1) is 0 Å². The summed E-state index contributed by atoms with van der Waals surface area (Å²) in [5.41, 5.74) is -0.519. The summed E-state index contributed by atoms with van der Waals surface area (Å²) in [6, 6.07) is 0.588. The Balaban J connectivity index is 1.98. The summed E-state index contributed by atoms with van der Waals surface area (Å²) in [5, 5.41) is 12.7. The number of hydrogen-bond acceptors (Lipinski definition) is 4. The summed E-state index contributed by atoms with van der Waals surface area (Å²) < 4.78 is 42.5. The molecule has 0 bridgehead atoms. The Morgan fingerprint density at radius 1 is 1.26 bits per heavy atom. The lowest BCUT2D eigenvalue weighted by atomic mass is 10.0. The number of carbonyl (C=O) groups is 1. The number of imidazole rings is 1. The van der Waals surface area contributed by atoms with Gasteiger partial charge in [0.25, 0.3) is 0 Å². The van der Waals surface area contributed by atoms with Crippen LogP contribution in [0.15, 0.2) is 18.5 Å². The predicted molar refractivity (Wildman–Crippen MR) is 93.3 cm³/mol. The van der Waals surface area contributed by atoms with Crippen molar-refractivity contribution in [3.8, 4) is 0 Å². The van der Waals surface area contributed by atoms with Gasteiger partial charge >= 0.3 is 12.2 Å². The van der Waals surface area contributed by atoms with Crippen molar-refractivity contribution in [3.05, 3.63) is 34.3 Å². The molecule has 0 radical (unpaired) electrons. The third kappa shape index (κ3) is 3.93. The van der Waals surface area contributed by atoms with E-state index in [1.807, 2.05) is 0 Å². The summed E-state index contributed by atoms with van der Waals surface area (Å²) >= 11 is 11.5. The molecular weight excluding hydrogens is 410 g/mol. The molecule has 3 heterocycles. The van der Waals surface area contributed by atoms with E-state index in [2.05, 4.69) is 25.8 Å². The smallest absolute Gasteiger partial charge is 0.306 e. The number of aromatic nitrogens is 5. The van der Waals surface area contributed by atoms with Crippen molar-refractivity contribution in [2.75, 3.05) is 10.6 Å². The van der Waals surface area contributed by atoms with Crippen molar-refractivity contribution in [1.29, 1.82) is 0 Å². The molecule has 2 amide bonds. The van der Waals surface area contributed by atoms with Gasteiger partial charge < -0.3 is 5.32 Å². The minimum absolute atomic E-state index is 0.0238. The number of nitrogens with one attached hydrogen (secondary N) is 2. The third-order valence-corrected chi connectivity index (χ3v) is 4.13. The summed E-state index contributed by atoms with van der Waals surface area (Å²) in [5.74, 6) is -1.68. The number of hydrogen-bond donors (Lipinski definition) is 2. The van der Waals surface area contributed by atoms with E-state index in [4.69, 9.17) is 23.2 Å². The van der Waals surface area contributed by atoms with Gasteiger partial charge in [0, 0.05) is 18.7 Å². The van der Waals surface area contributed by atoms with E-state index in [-0.39, 0.29) is 33.0 Å². The lowest BCUT2D eigenvalue weighted by Crippen LogP contribution is -2.25. The Labute approximate surface area is 160 Å². The Hall–Kier alpha value is -2.53. The number of amides is 2. The fourth-order valence-electron chi connectivity index (χ4n) is 2.43. The van der Waals surface area contributed by atoms with Gasteiger partial charge in [0.15, 0.2) is 10.8 Å². The summed E-state index contributed by atoms with van der Waals surface area (Å²) in [7, 11) is 1.54. The highest BCUT2D eigenvalue weighted by atomic mass is 35.5. The number of fused-ring (bicyclic) bond motifs is 1. The van der Waals surface area contributed by atoms with E-state index < -0.39 is 18.1 Å². The monoisotopic (exact) mass is 421 g/mol. The van der Waals surface area contributed by atoms with Crippen LogP contribution in [0.2, 0.25) is 10.3 Å². The highest BCUT2D eigenvalue weighted by Crippen LogP contribution is 2.39. The first-order chi connectivity index (χ1) is 12.6. The molecule has 0 spiro atoms. The molecule has 3 aromatic rings. The second-order valence-corrected chi connectivity index (χ2v) is 6.40. The summed E-state index contributed by atoms with van der Waals surface area (Å²) in [6.45, 7) is 0.960. The number of anilines is 2. The van der Waals surface area contributed by atoms with Crippen LogP contribution < -0.4 is 10.6 Å². The van der Waals surface area contributed by atoms with Crippen LogP contribution >= 0.6 is 23.2 Å². The molecule has 3 rings (SSSR count). The van der Waals surface area contributed by atoms with Crippen LogP contribution in [0.3, 0.4) is 0 Å². The first kappa shape index (κ1) is 19.2. The van der Waals surface area contributed by atoms with Crippen LogP contribution in [0.25, 0.3) is 5.65 Å². The lowest BCUT2D eigenvalue weighted by molar-refractivity contribution is -0.146. The molecular formula is C14H12Cl2F3N7O. The third-order valence-electron chi connectivity index (χ3n) is 3.76. The van der Waals surface area contributed by atoms with Gasteiger partial charge in [-0.1, -0.05) is 23.2 Å². The zero-order valence-corrected chi connectivity index (χ0v) is 15.4. The standard InChI is InChI=1S/C14H12Cl2F3N7O/c1-6(14(17,18)19)11-7(4-20-26-5-9(16)22-12(11)26)21-13(27)23-10-3-8(15)24-25(10)2/h3-6H,1-2H3,(H2,21,23,27). The van der Waals surface area contributed by atoms with Crippen molar-refractivity contribution >= 4 is 46.4 Å². The van der Waals surface area contributed by atoms with E-state index in [1.54, 1.807) is 7.05 Å². The maximum Gasteiger partial charge on any atom is 0.395 e. The number of nitrogens with zero attached hydrogens (tertiary/aromatic N) is 5. The molecule has 0 aromatic carbocycles. The highest BCUT2D eigenvalue weighted by Gasteiger charge is 2.40. The van der Waals surface area contributed by atoms with Crippen LogP contribution in [0.5, 0.6) is 0 Å². The average Bonchev–Trinajstić information content (AvgIpc) is 3.06. The quantitative estimate of drug-likeness (QED) is 0.666. The predicted octanol–water partition coefficient (Wildman–Crippen LogP) is 4.08. The van der Waals surface area contributed by atoms with E-state index >= 15 is 0 Å². The van der Waals surface area contributed by atoms with E-state index in [0.29, 0.717) is 0 Å². The van der Waals surface area contributed by atoms with Gasteiger partial charge in [0.05, 0.1) is 24.0 Å². The zero-order valence-electron chi connectivity index (χ0n) is 13.8. The summed E-state index contributed by atoms with van der Waals surface area (Å²) in [4.78, 5) is 16.1. The first-order valence-electron chi connectivity index (χ1n) is 7.44. The Kier molecular flexibility index (Phi) is 4.91. The SMILES string of the molecule is CC(c1c(NC(=O)Nc2cc(Cl)nn2C)cnn2cc(Cl)nc12)C(F)(F)F. The van der Waals surface area contributed by atoms with E-state index in [0.717, 1.165) is 17.6 Å². The van der Waals surface area contributed by atoms with Gasteiger partial charge in [-0.15, -0.1) is 0 Å². The van der Waals surface area contributed by atoms with Crippen molar-refractivity contribution in [3.63, 3.8) is 0 Å². The molecule has 0 aliphatic rings. The Morgan fingerprint density at radius 2 is 1.96 bits per heavy atom. The number of aryl methyl sites for hydroxylation is 1. The molecule has 3 aromatic heterocycles. The number of rotatable bonds is 3. The van der Waals surface area contributed by atoms with Gasteiger partial charge in [-0.05, 0) is 6.92 Å². The van der Waals surface area contributed by atoms with Gasteiger partial charge in [0.2, 0.25) is 0 Å². The van der Waals surface area contributed by atoms with E-state index in [1.165, 1.54) is 16.9 Å². The molecule has 13 heteroatoms. The largest absolute Gasteiger partial charge is 0.395 e. The minimum atomic E-state index is -4.57. The molecule has 2 N–H and O–H groups in total. The van der Waals surface area contributed by atoms with Gasteiger partial charge in [0.1, 0.15) is 11.0 Å². The number of halogens is 5. The fourth-order valence-corrected chi connectivity index (χ4v) is 2.82. The first-order valence-corrected chi connectivity index (χ1v) is 8.20. The second kappa shape index (κ2) is 6.89. The van der Waals surface area contributed by atoms with Gasteiger partial charge in [-0.25, -0.2) is 14.3 Å². The fraction of sp³-hybridized carbons (Fsp3) is 0.286. The molecule has 8 nitrogen and oxygen atoms in total. The molecule has 144 valence electrons.